The fraction of sp³-hybridized carbons (Fsp3) is 1.00. The van der Waals surface area contributed by atoms with E-state index in [1.165, 1.54) is 0 Å². The molecule has 0 aliphatic carbocycles. The van der Waals surface area contributed by atoms with Crippen LogP contribution >= 0.6 is 0 Å². The second-order valence-corrected chi connectivity index (χ2v) is 3.24. The molecule has 1 atom stereocenters. The molecule has 0 aromatic carbocycles. The lowest BCUT2D eigenvalue weighted by Crippen LogP contribution is -2.42. The van der Waals surface area contributed by atoms with Crippen molar-refractivity contribution in [3.05, 3.63) is 10.4 Å². The summed E-state index contributed by atoms with van der Waals surface area (Å²) in [5.74, 6) is 0. The summed E-state index contributed by atoms with van der Waals surface area (Å²) in [4.78, 5) is 5.11. The van der Waals surface area contributed by atoms with Gasteiger partial charge in [-0.1, -0.05) is 5.11 Å². The fourth-order valence-electron chi connectivity index (χ4n) is 1.49. The lowest BCUT2D eigenvalue weighted by atomic mass is 10.2. The molecule has 0 amide bonds. The van der Waals surface area contributed by atoms with Gasteiger partial charge in [-0.3, -0.25) is 4.90 Å². The van der Waals surface area contributed by atoms with E-state index in [4.69, 9.17) is 10.3 Å². The molecule has 0 radical (unpaired) electrons. The Morgan fingerprint density at radius 1 is 1.54 bits per heavy atom. The summed E-state index contributed by atoms with van der Waals surface area (Å²) >= 11 is 0. The maximum atomic E-state index is 8.11. The Hall–Kier alpha value is -0.770. The van der Waals surface area contributed by atoms with Crippen molar-refractivity contribution in [1.82, 2.24) is 4.90 Å². The molecule has 5 nitrogen and oxygen atoms in total. The van der Waals surface area contributed by atoms with Gasteiger partial charge in [0, 0.05) is 30.6 Å². The Labute approximate surface area is 78.3 Å². The molecule has 0 saturated carbocycles. The van der Waals surface area contributed by atoms with Crippen molar-refractivity contribution < 1.29 is 4.74 Å². The SMILES string of the molecule is CC(CCN=[N+]=[N-])N1CCOCC1. The molecule has 0 N–H and O–H groups in total. The Morgan fingerprint density at radius 3 is 2.85 bits per heavy atom. The molecule has 0 aromatic rings. The summed E-state index contributed by atoms with van der Waals surface area (Å²) in [6.07, 6.45) is 0.935. The van der Waals surface area contributed by atoms with Crippen LogP contribution < -0.4 is 0 Å². The Balaban J connectivity index is 2.20. The highest BCUT2D eigenvalue weighted by atomic mass is 16.5. The molecule has 0 spiro atoms. The molecule has 1 aliphatic heterocycles. The van der Waals surface area contributed by atoms with Crippen molar-refractivity contribution in [3.63, 3.8) is 0 Å². The predicted molar refractivity (Wildman–Crippen MR) is 50.5 cm³/mol. The van der Waals surface area contributed by atoms with Gasteiger partial charge in [0.1, 0.15) is 0 Å². The highest BCUT2D eigenvalue weighted by molar-refractivity contribution is 4.70. The summed E-state index contributed by atoms with van der Waals surface area (Å²) in [5.41, 5.74) is 8.11. The third kappa shape index (κ3) is 3.63. The molecule has 74 valence electrons. The number of hydrogen-bond donors (Lipinski definition) is 0. The van der Waals surface area contributed by atoms with Gasteiger partial charge in [-0.15, -0.1) is 0 Å². The molecule has 1 heterocycles. The molecule has 1 fully saturated rings. The number of morpholine rings is 1. The van der Waals surface area contributed by atoms with Gasteiger partial charge in [-0.2, -0.15) is 0 Å². The van der Waals surface area contributed by atoms with Crippen LogP contribution in [-0.2, 0) is 4.74 Å². The third-order valence-corrected chi connectivity index (χ3v) is 2.38. The van der Waals surface area contributed by atoms with Crippen LogP contribution in [0, 0.1) is 0 Å². The van der Waals surface area contributed by atoms with Gasteiger partial charge in [-0.05, 0) is 18.9 Å². The zero-order valence-corrected chi connectivity index (χ0v) is 8.02. The van der Waals surface area contributed by atoms with E-state index in [1.54, 1.807) is 0 Å². The number of ether oxygens (including phenoxy) is 1. The second-order valence-electron chi connectivity index (χ2n) is 3.24. The van der Waals surface area contributed by atoms with Gasteiger partial charge >= 0.3 is 0 Å². The van der Waals surface area contributed by atoms with Crippen LogP contribution in [0.15, 0.2) is 5.11 Å². The Morgan fingerprint density at radius 2 is 2.23 bits per heavy atom. The first kappa shape index (κ1) is 10.3. The highest BCUT2D eigenvalue weighted by Gasteiger charge is 2.15. The smallest absolute Gasteiger partial charge is 0.0594 e. The minimum Gasteiger partial charge on any atom is -0.379 e. The first-order valence-corrected chi connectivity index (χ1v) is 4.67. The van der Waals surface area contributed by atoms with Crippen molar-refractivity contribution in [1.29, 1.82) is 0 Å². The number of rotatable bonds is 4. The first-order valence-electron chi connectivity index (χ1n) is 4.67. The van der Waals surface area contributed by atoms with Gasteiger partial charge in [0.25, 0.3) is 0 Å². The van der Waals surface area contributed by atoms with E-state index < -0.39 is 0 Å². The molecule has 0 aromatic heterocycles. The molecule has 5 heteroatoms. The van der Waals surface area contributed by atoms with Crippen LogP contribution in [0.2, 0.25) is 0 Å². The average molecular weight is 184 g/mol. The zero-order valence-electron chi connectivity index (χ0n) is 8.02. The Kier molecular flexibility index (Phi) is 4.60. The van der Waals surface area contributed by atoms with Crippen molar-refractivity contribution >= 4 is 0 Å². The normalized spacial score (nSPS) is 20.7. The van der Waals surface area contributed by atoms with Crippen LogP contribution in [0.3, 0.4) is 0 Å². The quantitative estimate of drug-likeness (QED) is 0.376. The summed E-state index contributed by atoms with van der Waals surface area (Å²) in [6, 6.07) is 0.495. The lowest BCUT2D eigenvalue weighted by Gasteiger charge is -2.31. The maximum Gasteiger partial charge on any atom is 0.0594 e. The van der Waals surface area contributed by atoms with E-state index in [0.29, 0.717) is 12.6 Å². The topological polar surface area (TPSA) is 61.2 Å². The standard InChI is InChI=1S/C8H16N4O/c1-8(2-3-10-11-9)12-4-6-13-7-5-12/h8H,2-7H2,1H3. The van der Waals surface area contributed by atoms with Gasteiger partial charge in [-0.25, -0.2) is 0 Å². The first-order chi connectivity index (χ1) is 6.34. The molecule has 13 heavy (non-hydrogen) atoms. The lowest BCUT2D eigenvalue weighted by molar-refractivity contribution is 0.0191. The van der Waals surface area contributed by atoms with E-state index in [2.05, 4.69) is 21.8 Å². The monoisotopic (exact) mass is 184 g/mol. The third-order valence-electron chi connectivity index (χ3n) is 2.38. The van der Waals surface area contributed by atoms with Crippen LogP contribution in [0.4, 0.5) is 0 Å². The van der Waals surface area contributed by atoms with Gasteiger partial charge in [0.05, 0.1) is 13.2 Å². The van der Waals surface area contributed by atoms with Crippen molar-refractivity contribution in [2.45, 2.75) is 19.4 Å². The van der Waals surface area contributed by atoms with E-state index in [1.807, 2.05) is 0 Å². The molecular weight excluding hydrogens is 168 g/mol. The molecule has 0 bridgehead atoms. The summed E-state index contributed by atoms with van der Waals surface area (Å²) in [5, 5.41) is 3.53. The maximum absolute atomic E-state index is 8.11. The van der Waals surface area contributed by atoms with Crippen LogP contribution in [0.5, 0.6) is 0 Å². The van der Waals surface area contributed by atoms with Crippen molar-refractivity contribution in [3.8, 4) is 0 Å². The molecule has 1 saturated heterocycles. The predicted octanol–water partition coefficient (Wildman–Crippen LogP) is 1.41. The van der Waals surface area contributed by atoms with Gasteiger partial charge in [0.2, 0.25) is 0 Å². The minimum absolute atomic E-state index is 0.495. The van der Waals surface area contributed by atoms with E-state index in [-0.39, 0.29) is 0 Å². The van der Waals surface area contributed by atoms with Gasteiger partial charge < -0.3 is 4.74 Å². The van der Waals surface area contributed by atoms with Crippen LogP contribution in [0.1, 0.15) is 13.3 Å². The van der Waals surface area contributed by atoms with E-state index >= 15 is 0 Å². The Bertz CT molecular complexity index is 185. The average Bonchev–Trinajstić information content (AvgIpc) is 2.19. The largest absolute Gasteiger partial charge is 0.379 e. The number of nitrogens with zero attached hydrogens (tertiary/aromatic N) is 4. The zero-order chi connectivity index (χ0) is 9.52. The van der Waals surface area contributed by atoms with Crippen LogP contribution in [-0.4, -0.2) is 43.8 Å². The highest BCUT2D eigenvalue weighted by Crippen LogP contribution is 2.06. The number of azide groups is 1. The van der Waals surface area contributed by atoms with Crippen molar-refractivity contribution in [2.24, 2.45) is 5.11 Å². The summed E-state index contributed by atoms with van der Waals surface area (Å²) < 4.78 is 5.25. The van der Waals surface area contributed by atoms with Crippen molar-refractivity contribution in [2.75, 3.05) is 32.8 Å². The molecule has 1 aliphatic rings. The second kappa shape index (κ2) is 5.80. The van der Waals surface area contributed by atoms with Gasteiger partial charge in [0.15, 0.2) is 0 Å². The van der Waals surface area contributed by atoms with E-state index in [9.17, 15) is 0 Å². The van der Waals surface area contributed by atoms with E-state index in [0.717, 1.165) is 32.7 Å². The molecule has 1 rings (SSSR count). The summed E-state index contributed by atoms with van der Waals surface area (Å²) in [6.45, 7) is 6.40. The summed E-state index contributed by atoms with van der Waals surface area (Å²) in [7, 11) is 0. The van der Waals surface area contributed by atoms with Crippen LogP contribution in [0.25, 0.3) is 10.4 Å². The fourth-order valence-corrected chi connectivity index (χ4v) is 1.49. The molecular formula is C8H16N4O. The molecule has 1 unspecified atom stereocenters. The number of hydrogen-bond acceptors (Lipinski definition) is 3. The minimum atomic E-state index is 0.495.